The Morgan fingerprint density at radius 1 is 1.42 bits per heavy atom. The van der Waals surface area contributed by atoms with E-state index in [-0.39, 0.29) is 5.60 Å². The second-order valence-electron chi connectivity index (χ2n) is 5.74. The van der Waals surface area contributed by atoms with E-state index in [0.717, 1.165) is 30.3 Å². The van der Waals surface area contributed by atoms with Gasteiger partial charge in [-0.25, -0.2) is 0 Å². The van der Waals surface area contributed by atoms with Gasteiger partial charge in [-0.2, -0.15) is 0 Å². The van der Waals surface area contributed by atoms with Crippen molar-refractivity contribution in [2.24, 2.45) is 5.92 Å². The molecule has 0 radical (unpaired) electrons. The molecule has 1 aromatic carbocycles. The minimum Gasteiger partial charge on any atom is -0.497 e. The van der Waals surface area contributed by atoms with Crippen molar-refractivity contribution in [2.45, 2.75) is 44.2 Å². The molecule has 1 aliphatic carbocycles. The predicted molar refractivity (Wildman–Crippen MR) is 75.8 cm³/mol. The highest BCUT2D eigenvalue weighted by atomic mass is 16.5. The first-order chi connectivity index (χ1) is 9.22. The molecule has 3 heteroatoms. The molecular weight excluding hydrogens is 238 g/mol. The van der Waals surface area contributed by atoms with E-state index in [9.17, 15) is 0 Å². The van der Waals surface area contributed by atoms with E-state index in [2.05, 4.69) is 18.3 Å². The van der Waals surface area contributed by atoms with Crippen LogP contribution in [0.25, 0.3) is 0 Å². The summed E-state index contributed by atoms with van der Waals surface area (Å²) in [6.07, 6.45) is 4.77. The zero-order valence-corrected chi connectivity index (χ0v) is 12.0. The monoisotopic (exact) mass is 261 g/mol. The van der Waals surface area contributed by atoms with Gasteiger partial charge in [0.2, 0.25) is 0 Å². The van der Waals surface area contributed by atoms with Crippen LogP contribution in [0, 0.1) is 5.92 Å². The second-order valence-corrected chi connectivity index (χ2v) is 5.74. The summed E-state index contributed by atoms with van der Waals surface area (Å²) in [6, 6.07) is 6.56. The van der Waals surface area contributed by atoms with Crippen LogP contribution in [-0.4, -0.2) is 19.8 Å². The molecule has 1 heterocycles. The number of ether oxygens (including phenoxy) is 2. The van der Waals surface area contributed by atoms with Gasteiger partial charge in [0.1, 0.15) is 17.1 Å². The van der Waals surface area contributed by atoms with Crippen LogP contribution in [0.2, 0.25) is 0 Å². The zero-order chi connectivity index (χ0) is 13.5. The number of rotatable bonds is 4. The maximum absolute atomic E-state index is 6.45. The van der Waals surface area contributed by atoms with Crippen molar-refractivity contribution < 1.29 is 9.47 Å². The normalized spacial score (nSPS) is 29.5. The van der Waals surface area contributed by atoms with Gasteiger partial charge in [0.15, 0.2) is 0 Å². The summed E-state index contributed by atoms with van der Waals surface area (Å²) in [5, 5.41) is 3.45. The zero-order valence-electron chi connectivity index (χ0n) is 12.0. The number of nitrogens with one attached hydrogen (secondary N) is 1. The van der Waals surface area contributed by atoms with Gasteiger partial charge in [-0.05, 0) is 38.3 Å². The van der Waals surface area contributed by atoms with E-state index >= 15 is 0 Å². The SMILES string of the molecule is CCC1(C2CC2)CC(NC)c2ccc(OC)cc2O1. The highest BCUT2D eigenvalue weighted by Crippen LogP contribution is 2.52. The van der Waals surface area contributed by atoms with Gasteiger partial charge >= 0.3 is 0 Å². The quantitative estimate of drug-likeness (QED) is 0.902. The fourth-order valence-electron chi connectivity index (χ4n) is 3.36. The molecule has 2 atom stereocenters. The Kier molecular flexibility index (Phi) is 3.17. The van der Waals surface area contributed by atoms with Crippen LogP contribution in [0.5, 0.6) is 11.5 Å². The average molecular weight is 261 g/mol. The van der Waals surface area contributed by atoms with Crippen LogP contribution in [0.15, 0.2) is 18.2 Å². The lowest BCUT2D eigenvalue weighted by molar-refractivity contribution is 0.00648. The number of hydrogen-bond acceptors (Lipinski definition) is 3. The van der Waals surface area contributed by atoms with Crippen molar-refractivity contribution in [1.29, 1.82) is 0 Å². The molecular formula is C16H23NO2. The number of hydrogen-bond donors (Lipinski definition) is 1. The first kappa shape index (κ1) is 12.8. The van der Waals surface area contributed by atoms with E-state index in [1.807, 2.05) is 19.2 Å². The Bertz CT molecular complexity index is 470. The van der Waals surface area contributed by atoms with E-state index < -0.39 is 0 Å². The highest BCUT2D eigenvalue weighted by Gasteiger charge is 2.50. The Labute approximate surface area is 115 Å². The van der Waals surface area contributed by atoms with Crippen molar-refractivity contribution >= 4 is 0 Å². The van der Waals surface area contributed by atoms with Crippen molar-refractivity contribution in [3.05, 3.63) is 23.8 Å². The minimum absolute atomic E-state index is 0.0209. The average Bonchev–Trinajstić information content (AvgIpc) is 3.30. The lowest BCUT2D eigenvalue weighted by atomic mass is 9.82. The third kappa shape index (κ3) is 2.10. The van der Waals surface area contributed by atoms with Gasteiger partial charge in [0, 0.05) is 24.1 Å². The summed E-state index contributed by atoms with van der Waals surface area (Å²) < 4.78 is 11.8. The number of methoxy groups -OCH3 is 1. The molecule has 1 aromatic rings. The predicted octanol–water partition coefficient (Wildman–Crippen LogP) is 3.30. The summed E-state index contributed by atoms with van der Waals surface area (Å²) >= 11 is 0. The molecule has 1 N–H and O–H groups in total. The smallest absolute Gasteiger partial charge is 0.128 e. The van der Waals surface area contributed by atoms with Crippen LogP contribution < -0.4 is 14.8 Å². The fraction of sp³-hybridized carbons (Fsp3) is 0.625. The first-order valence-electron chi connectivity index (χ1n) is 7.26. The minimum atomic E-state index is 0.0209. The number of benzene rings is 1. The van der Waals surface area contributed by atoms with Crippen LogP contribution in [0.4, 0.5) is 0 Å². The fourth-order valence-corrected chi connectivity index (χ4v) is 3.36. The highest BCUT2D eigenvalue weighted by molar-refractivity contribution is 5.45. The summed E-state index contributed by atoms with van der Waals surface area (Å²) in [5.74, 6) is 2.60. The molecule has 0 spiro atoms. The molecule has 0 saturated heterocycles. The lowest BCUT2D eigenvalue weighted by Crippen LogP contribution is -2.45. The molecule has 1 saturated carbocycles. The molecule has 0 bridgehead atoms. The van der Waals surface area contributed by atoms with Crippen LogP contribution >= 0.6 is 0 Å². The van der Waals surface area contributed by atoms with Crippen molar-refractivity contribution in [3.63, 3.8) is 0 Å². The second kappa shape index (κ2) is 4.71. The topological polar surface area (TPSA) is 30.5 Å². The Balaban J connectivity index is 2.00. The molecule has 1 fully saturated rings. The van der Waals surface area contributed by atoms with Crippen LogP contribution in [0.1, 0.15) is 44.2 Å². The summed E-state index contributed by atoms with van der Waals surface area (Å²) in [7, 11) is 3.74. The summed E-state index contributed by atoms with van der Waals surface area (Å²) in [6.45, 7) is 2.25. The van der Waals surface area contributed by atoms with Gasteiger partial charge in [-0.15, -0.1) is 0 Å². The molecule has 104 valence electrons. The maximum atomic E-state index is 6.45. The molecule has 1 aliphatic heterocycles. The largest absolute Gasteiger partial charge is 0.497 e. The lowest BCUT2D eigenvalue weighted by Gasteiger charge is -2.42. The van der Waals surface area contributed by atoms with Gasteiger partial charge in [0.25, 0.3) is 0 Å². The summed E-state index contributed by atoms with van der Waals surface area (Å²) in [4.78, 5) is 0. The van der Waals surface area contributed by atoms with E-state index in [1.165, 1.54) is 18.4 Å². The van der Waals surface area contributed by atoms with Crippen molar-refractivity contribution in [3.8, 4) is 11.5 Å². The molecule has 19 heavy (non-hydrogen) atoms. The molecule has 0 aromatic heterocycles. The van der Waals surface area contributed by atoms with Crippen LogP contribution in [0.3, 0.4) is 0 Å². The summed E-state index contributed by atoms with van der Waals surface area (Å²) in [5.41, 5.74) is 1.28. The van der Waals surface area contributed by atoms with Gasteiger partial charge in [-0.3, -0.25) is 0 Å². The molecule has 2 aliphatic rings. The van der Waals surface area contributed by atoms with Crippen molar-refractivity contribution in [1.82, 2.24) is 5.32 Å². The standard InChI is InChI=1S/C16H23NO2/c1-4-16(11-5-6-11)10-14(17-2)13-8-7-12(18-3)9-15(13)19-16/h7-9,11,14,17H,4-6,10H2,1-3H3. The van der Waals surface area contributed by atoms with E-state index in [4.69, 9.17) is 9.47 Å². The van der Waals surface area contributed by atoms with Gasteiger partial charge < -0.3 is 14.8 Å². The van der Waals surface area contributed by atoms with E-state index in [1.54, 1.807) is 7.11 Å². The Morgan fingerprint density at radius 3 is 2.79 bits per heavy atom. The maximum Gasteiger partial charge on any atom is 0.128 e. The first-order valence-corrected chi connectivity index (χ1v) is 7.26. The molecule has 2 unspecified atom stereocenters. The third-order valence-corrected chi connectivity index (χ3v) is 4.73. The van der Waals surface area contributed by atoms with E-state index in [0.29, 0.717) is 6.04 Å². The molecule has 3 nitrogen and oxygen atoms in total. The Hall–Kier alpha value is -1.22. The third-order valence-electron chi connectivity index (χ3n) is 4.73. The van der Waals surface area contributed by atoms with Gasteiger partial charge in [-0.1, -0.05) is 13.0 Å². The molecule has 0 amide bonds. The number of fused-ring (bicyclic) bond motifs is 1. The Morgan fingerprint density at radius 2 is 2.21 bits per heavy atom. The van der Waals surface area contributed by atoms with Crippen molar-refractivity contribution in [2.75, 3.05) is 14.2 Å². The van der Waals surface area contributed by atoms with Gasteiger partial charge in [0.05, 0.1) is 7.11 Å². The van der Waals surface area contributed by atoms with Crippen LogP contribution in [-0.2, 0) is 0 Å². The molecule has 3 rings (SSSR count).